The second-order valence-electron chi connectivity index (χ2n) is 1.77. The van der Waals surface area contributed by atoms with Gasteiger partial charge in [-0.1, -0.05) is 0 Å². The van der Waals surface area contributed by atoms with Crippen molar-refractivity contribution in [3.8, 4) is 0 Å². The summed E-state index contributed by atoms with van der Waals surface area (Å²) in [6.45, 7) is 5.02. The molecule has 0 N–H and O–H groups in total. The molecule has 0 nitrogen and oxygen atoms in total. The molecule has 0 amide bonds. The summed E-state index contributed by atoms with van der Waals surface area (Å²) in [6.07, 6.45) is 0. The van der Waals surface area contributed by atoms with Crippen molar-refractivity contribution in [3.63, 3.8) is 0 Å². The second-order valence-corrected chi connectivity index (χ2v) is 69.2. The SMILES string of the molecule is C[P+]1([Se-])[Se][Se][P+](C)([Se-])[Se]1. The summed E-state index contributed by atoms with van der Waals surface area (Å²) in [4.78, 5) is 0. The van der Waals surface area contributed by atoms with Gasteiger partial charge in [0.05, 0.1) is 0 Å². The number of rotatable bonds is 0. The normalized spacial score (nSPS) is 52.0. The van der Waals surface area contributed by atoms with Gasteiger partial charge in [-0.25, -0.2) is 0 Å². The van der Waals surface area contributed by atoms with Crippen LogP contribution in [0, 0.1) is 0 Å². The van der Waals surface area contributed by atoms with Crippen molar-refractivity contribution in [2.75, 3.05) is 13.3 Å². The maximum atomic E-state index is 3.46. The van der Waals surface area contributed by atoms with Gasteiger partial charge < -0.3 is 0 Å². The summed E-state index contributed by atoms with van der Waals surface area (Å²) < 4.78 is -0.738. The van der Waals surface area contributed by atoms with Crippen LogP contribution in [0.1, 0.15) is 0 Å². The Balaban J connectivity index is 2.58. The van der Waals surface area contributed by atoms with Crippen LogP contribution in [-0.2, 0) is 0 Å². The fourth-order valence-corrected chi connectivity index (χ4v) is 224. The molecule has 2 unspecified atom stereocenters. The molecule has 1 rings (SSSR count). The molecule has 1 heterocycles. The molecular formula is C2H6P2Se5. The summed E-state index contributed by atoms with van der Waals surface area (Å²) in [5.74, 6) is 0. The average Bonchev–Trinajstić information content (AvgIpc) is 1.78. The van der Waals surface area contributed by atoms with Crippen molar-refractivity contribution in [1.29, 1.82) is 0 Å². The molecule has 7 heteroatoms. The number of hydrogen-bond donors (Lipinski definition) is 0. The fourth-order valence-electron chi connectivity index (χ4n) is 0.418. The molecule has 2 atom stereocenters. The zero-order chi connectivity index (χ0) is 7.12. The first-order valence-electron chi connectivity index (χ1n) is 2.16. The molecule has 1 aliphatic rings. The van der Waals surface area contributed by atoms with Crippen LogP contribution < -0.4 is 0 Å². The Hall–Kier alpha value is 3.46. The molecule has 0 bridgehead atoms. The molecule has 9 heavy (non-hydrogen) atoms. The van der Waals surface area contributed by atoms with Gasteiger partial charge in [-0.2, -0.15) is 0 Å². The van der Waals surface area contributed by atoms with Crippen LogP contribution in [0.15, 0.2) is 0 Å². The second kappa shape index (κ2) is 3.68. The van der Waals surface area contributed by atoms with E-state index in [1.807, 2.05) is 0 Å². The Bertz CT molecular complexity index is 108. The molecule has 1 aliphatic heterocycles. The van der Waals surface area contributed by atoms with E-state index in [1.165, 1.54) is 0 Å². The van der Waals surface area contributed by atoms with E-state index in [0.717, 1.165) is 39.5 Å². The zero-order valence-corrected chi connectivity index (χ0v) is 15.3. The Labute approximate surface area is 89.2 Å². The van der Waals surface area contributed by atoms with Gasteiger partial charge in [0, 0.05) is 0 Å². The number of hydrogen-bond acceptors (Lipinski definition) is 0. The van der Waals surface area contributed by atoms with Gasteiger partial charge in [-0.15, -0.1) is 0 Å². The molecule has 0 aromatic rings. The van der Waals surface area contributed by atoms with Gasteiger partial charge in [0.15, 0.2) is 0 Å². The van der Waals surface area contributed by atoms with Crippen molar-refractivity contribution >= 4 is 77.3 Å². The van der Waals surface area contributed by atoms with Crippen molar-refractivity contribution in [3.05, 3.63) is 0 Å². The van der Waals surface area contributed by atoms with Crippen LogP contribution in [0.3, 0.4) is 0 Å². The third kappa shape index (κ3) is 3.78. The quantitative estimate of drug-likeness (QED) is 0.338. The Kier molecular flexibility index (Phi) is 4.31. The molecule has 1 fully saturated rings. The van der Waals surface area contributed by atoms with Crippen molar-refractivity contribution in [2.24, 2.45) is 0 Å². The monoisotopic (exact) mass is 492 g/mol. The van der Waals surface area contributed by atoms with E-state index >= 15 is 0 Å². The van der Waals surface area contributed by atoms with Crippen LogP contribution in [0.4, 0.5) is 0 Å². The van der Waals surface area contributed by atoms with Crippen LogP contribution in [0.25, 0.3) is 0 Å². The Morgan fingerprint density at radius 3 is 1.44 bits per heavy atom. The molecule has 0 aliphatic carbocycles. The van der Waals surface area contributed by atoms with Crippen molar-refractivity contribution in [2.45, 2.75) is 0 Å². The van der Waals surface area contributed by atoms with Crippen molar-refractivity contribution < 1.29 is 0 Å². The van der Waals surface area contributed by atoms with E-state index in [4.69, 9.17) is 0 Å². The van der Waals surface area contributed by atoms with Gasteiger partial charge in [0.25, 0.3) is 0 Å². The standard InChI is InChI=1S/C2H6P2Se5/c1-3(5)7-4(2,6)9-8-3/h1-2H3. The summed E-state index contributed by atoms with van der Waals surface area (Å²) in [5, 5.41) is 0. The minimum absolute atomic E-state index is 0.369. The molecule has 1 saturated heterocycles. The first kappa shape index (κ1) is 10.5. The summed E-state index contributed by atoms with van der Waals surface area (Å²) in [5.41, 5.74) is 0. The van der Waals surface area contributed by atoms with E-state index in [1.54, 1.807) is 0 Å². The van der Waals surface area contributed by atoms with E-state index in [9.17, 15) is 0 Å². The first-order valence-corrected chi connectivity index (χ1v) is 24.3. The predicted octanol–water partition coefficient (Wildman–Crippen LogP) is 0.149. The van der Waals surface area contributed by atoms with E-state index in [0.29, 0.717) is 0 Å². The third-order valence-corrected chi connectivity index (χ3v) is 111. The molecule has 0 aromatic heterocycles. The van der Waals surface area contributed by atoms with Gasteiger partial charge >= 0.3 is 90.6 Å². The molecule has 0 saturated carbocycles. The van der Waals surface area contributed by atoms with E-state index in [-0.39, 0.29) is 6.66 Å². The van der Waals surface area contributed by atoms with E-state index in [2.05, 4.69) is 44.5 Å². The predicted molar refractivity (Wildman–Crippen MR) is 54.5 cm³/mol. The molecule has 0 spiro atoms. The Morgan fingerprint density at radius 2 is 1.33 bits per heavy atom. The third-order valence-electron chi connectivity index (χ3n) is 0.601. The van der Waals surface area contributed by atoms with Crippen LogP contribution >= 0.6 is 6.66 Å². The van der Waals surface area contributed by atoms with Gasteiger partial charge in [0.1, 0.15) is 0 Å². The molecular weight excluding hydrogens is 481 g/mol. The molecule has 54 valence electrons. The molecule has 0 aromatic carbocycles. The summed E-state index contributed by atoms with van der Waals surface area (Å²) >= 11 is 10.1. The fraction of sp³-hybridized carbons (Fsp3) is 1.00. The van der Waals surface area contributed by atoms with Gasteiger partial charge in [-0.05, 0) is 0 Å². The minimum atomic E-state index is -0.369. The first-order chi connectivity index (χ1) is 3.91. The molecule has 0 radical (unpaired) electrons. The van der Waals surface area contributed by atoms with Crippen LogP contribution in [-0.4, -0.2) is 83.9 Å². The summed E-state index contributed by atoms with van der Waals surface area (Å²) in [6, 6.07) is 0. The van der Waals surface area contributed by atoms with E-state index < -0.39 is 0 Å². The van der Waals surface area contributed by atoms with Gasteiger partial charge in [-0.3, -0.25) is 0 Å². The van der Waals surface area contributed by atoms with Gasteiger partial charge in [0.2, 0.25) is 0 Å². The van der Waals surface area contributed by atoms with Crippen LogP contribution in [0.5, 0.6) is 0 Å². The topological polar surface area (TPSA) is 0 Å². The zero-order valence-electron chi connectivity index (χ0n) is 4.94. The van der Waals surface area contributed by atoms with Crippen LogP contribution in [0.2, 0.25) is 0 Å². The maximum absolute atomic E-state index is 3.46. The van der Waals surface area contributed by atoms with Crippen molar-refractivity contribution in [1.82, 2.24) is 0 Å². The summed E-state index contributed by atoms with van der Waals surface area (Å²) in [7, 11) is 0. The average molecular weight is 487 g/mol. The Morgan fingerprint density at radius 1 is 1.00 bits per heavy atom.